The van der Waals surface area contributed by atoms with Crippen molar-refractivity contribution in [3.05, 3.63) is 97.2 Å². The summed E-state index contributed by atoms with van der Waals surface area (Å²) < 4.78 is 17.5. The van der Waals surface area contributed by atoms with Gasteiger partial charge in [-0.3, -0.25) is 9.59 Å². The molecule has 424 valence electrons. The first-order chi connectivity index (χ1) is 36.2. The number of nitrogens with one attached hydrogen (secondary N) is 1. The van der Waals surface area contributed by atoms with E-state index in [2.05, 4.69) is 99.0 Å². The molecule has 0 spiro atoms. The lowest BCUT2D eigenvalue weighted by Gasteiger charge is -2.41. The molecule has 1 aliphatic heterocycles. The molecule has 0 saturated carbocycles. The van der Waals surface area contributed by atoms with Crippen LogP contribution < -0.4 is 5.32 Å². The van der Waals surface area contributed by atoms with Crippen LogP contribution in [0.25, 0.3) is 0 Å². The highest BCUT2D eigenvalue weighted by Crippen LogP contribution is 2.26. The van der Waals surface area contributed by atoms with Crippen LogP contribution in [0.3, 0.4) is 0 Å². The molecule has 1 aliphatic rings. The van der Waals surface area contributed by atoms with Crippen molar-refractivity contribution in [3.8, 4) is 0 Å². The molecule has 0 radical (unpaired) electrons. The minimum absolute atomic E-state index is 0.0398. The zero-order valence-electron chi connectivity index (χ0n) is 46.7. The molecule has 74 heavy (non-hydrogen) atoms. The molecule has 8 unspecified atom stereocenters. The summed E-state index contributed by atoms with van der Waals surface area (Å²) in [5.74, 6) is -1.27. The Hall–Kier alpha value is -3.42. The number of rotatable bonds is 48. The SMILES string of the molecule is CC/C=C\C/C=C\C/C=C\C/C=C\C/C=C\CCCC(=O)OC1C(OCC(NC(=O)C(O)CCCCCCCC/C=C\C/C=C\CCCCC)C(O)/C=C/CCCCCCCCCCCC)OC(CO)C(O)C1O. The number of hydrogen-bond acceptors (Lipinski definition) is 10. The molecule has 6 N–H and O–H groups in total. The van der Waals surface area contributed by atoms with E-state index in [1.807, 2.05) is 18.2 Å². The number of esters is 1. The quantitative estimate of drug-likeness (QED) is 0.0195. The lowest BCUT2D eigenvalue weighted by molar-refractivity contribution is -0.305. The maximum Gasteiger partial charge on any atom is 0.306 e. The van der Waals surface area contributed by atoms with Crippen LogP contribution in [0.2, 0.25) is 0 Å². The van der Waals surface area contributed by atoms with E-state index in [1.165, 1.54) is 70.6 Å². The number of aliphatic hydroxyl groups is 5. The van der Waals surface area contributed by atoms with Crippen molar-refractivity contribution in [1.29, 1.82) is 0 Å². The van der Waals surface area contributed by atoms with E-state index in [9.17, 15) is 35.1 Å². The Bertz CT molecular complexity index is 1570. The summed E-state index contributed by atoms with van der Waals surface area (Å²) in [5, 5.41) is 56.8. The van der Waals surface area contributed by atoms with Crippen LogP contribution >= 0.6 is 0 Å². The molecule has 0 aliphatic carbocycles. The zero-order valence-corrected chi connectivity index (χ0v) is 46.7. The Labute approximate surface area is 450 Å². The molecule has 1 amide bonds. The molecule has 11 nitrogen and oxygen atoms in total. The van der Waals surface area contributed by atoms with E-state index < -0.39 is 67.4 Å². The summed E-state index contributed by atoms with van der Waals surface area (Å²) in [6, 6.07) is -1.04. The summed E-state index contributed by atoms with van der Waals surface area (Å²) in [6.07, 6.45) is 55.9. The van der Waals surface area contributed by atoms with Crippen LogP contribution in [0, 0.1) is 0 Å². The van der Waals surface area contributed by atoms with Gasteiger partial charge in [0.25, 0.3) is 0 Å². The van der Waals surface area contributed by atoms with E-state index in [1.54, 1.807) is 6.08 Å². The number of hydrogen-bond donors (Lipinski definition) is 6. The molecule has 11 heteroatoms. The summed E-state index contributed by atoms with van der Waals surface area (Å²) in [7, 11) is 0. The Kier molecular flexibility index (Phi) is 46.7. The second-order valence-electron chi connectivity index (χ2n) is 20.0. The van der Waals surface area contributed by atoms with E-state index in [4.69, 9.17) is 14.2 Å². The predicted molar refractivity (Wildman–Crippen MR) is 305 cm³/mol. The van der Waals surface area contributed by atoms with Gasteiger partial charge in [-0.05, 0) is 96.3 Å². The van der Waals surface area contributed by atoms with E-state index in [0.29, 0.717) is 19.3 Å². The second kappa shape index (κ2) is 50.4. The summed E-state index contributed by atoms with van der Waals surface area (Å²) in [5.41, 5.74) is 0. The van der Waals surface area contributed by atoms with Crippen molar-refractivity contribution in [2.45, 2.75) is 275 Å². The third-order valence-electron chi connectivity index (χ3n) is 13.2. The van der Waals surface area contributed by atoms with Crippen molar-refractivity contribution in [2.24, 2.45) is 0 Å². The van der Waals surface area contributed by atoms with Crippen LogP contribution in [0.1, 0.15) is 226 Å². The predicted octanol–water partition coefficient (Wildman–Crippen LogP) is 13.6. The van der Waals surface area contributed by atoms with Crippen molar-refractivity contribution < 1.29 is 49.3 Å². The highest BCUT2D eigenvalue weighted by molar-refractivity contribution is 5.80. The third-order valence-corrected chi connectivity index (χ3v) is 13.2. The second-order valence-corrected chi connectivity index (χ2v) is 20.0. The first-order valence-corrected chi connectivity index (χ1v) is 29.5. The first-order valence-electron chi connectivity index (χ1n) is 29.5. The number of carbonyl (C=O) groups is 2. The molecule has 1 heterocycles. The van der Waals surface area contributed by atoms with Gasteiger partial charge in [-0.1, -0.05) is 221 Å². The summed E-state index contributed by atoms with van der Waals surface area (Å²) in [4.78, 5) is 26.5. The monoisotopic (exact) mass is 1040 g/mol. The van der Waals surface area contributed by atoms with E-state index in [0.717, 1.165) is 103 Å². The molecule has 0 aromatic rings. The molecule has 1 fully saturated rings. The fourth-order valence-corrected chi connectivity index (χ4v) is 8.54. The van der Waals surface area contributed by atoms with Gasteiger partial charge in [0, 0.05) is 6.42 Å². The number of amides is 1. The first kappa shape index (κ1) is 68.6. The van der Waals surface area contributed by atoms with Gasteiger partial charge in [-0.25, -0.2) is 0 Å². The topological polar surface area (TPSA) is 175 Å². The van der Waals surface area contributed by atoms with Crippen LogP contribution in [0.15, 0.2) is 97.2 Å². The number of allylic oxidation sites excluding steroid dienone is 15. The standard InChI is InChI=1S/C63H107NO10/c1-4-7-10-13-16-19-22-25-27-29-31-33-36-39-42-45-48-51-58(68)74-61-60(70)59(69)57(52-65)73-63(61)72-53-54(55(66)49-46-43-40-37-34-24-21-18-15-12-9-6-3)64-62(71)56(67)50-47-44-41-38-35-32-30-28-26-23-20-17-14-11-8-5-2/h7,10,16-17,19-20,25-28,31,33,39,42,46,49,54-57,59-61,63,65-67,69-70H,4-6,8-9,11-15,18,21-24,29-30,32,34-38,40-41,43-45,47-48,50-53H2,1-3H3,(H,64,71)/b10-7-,19-16-,20-17-,27-25-,28-26-,33-31-,42-39-,49-46+. The largest absolute Gasteiger partial charge is 0.454 e. The van der Waals surface area contributed by atoms with Crippen LogP contribution in [0.4, 0.5) is 0 Å². The summed E-state index contributed by atoms with van der Waals surface area (Å²) in [6.45, 7) is 5.59. The lowest BCUT2D eigenvalue weighted by Crippen LogP contribution is -2.61. The van der Waals surface area contributed by atoms with Crippen LogP contribution in [-0.2, 0) is 23.8 Å². The van der Waals surface area contributed by atoms with Gasteiger partial charge in [0.05, 0.1) is 25.4 Å². The van der Waals surface area contributed by atoms with E-state index >= 15 is 0 Å². The molecule has 0 bridgehead atoms. The minimum atomic E-state index is -1.64. The highest BCUT2D eigenvalue weighted by Gasteiger charge is 2.47. The summed E-state index contributed by atoms with van der Waals surface area (Å²) >= 11 is 0. The van der Waals surface area contributed by atoms with Crippen molar-refractivity contribution in [3.63, 3.8) is 0 Å². The minimum Gasteiger partial charge on any atom is -0.454 e. The Morgan fingerprint density at radius 2 is 0.973 bits per heavy atom. The number of carbonyl (C=O) groups excluding carboxylic acids is 2. The molecule has 0 aromatic heterocycles. The Morgan fingerprint density at radius 3 is 1.49 bits per heavy atom. The van der Waals surface area contributed by atoms with Gasteiger partial charge in [0.15, 0.2) is 12.4 Å². The van der Waals surface area contributed by atoms with Crippen molar-refractivity contribution in [2.75, 3.05) is 13.2 Å². The molecule has 1 saturated heterocycles. The van der Waals surface area contributed by atoms with Crippen molar-refractivity contribution >= 4 is 11.9 Å². The molecule has 0 aromatic carbocycles. The zero-order chi connectivity index (χ0) is 54.0. The van der Waals surface area contributed by atoms with Gasteiger partial charge in [0.1, 0.15) is 24.4 Å². The number of unbranched alkanes of at least 4 members (excludes halogenated alkanes) is 20. The molecular weight excluding hydrogens is 931 g/mol. The smallest absolute Gasteiger partial charge is 0.306 e. The lowest BCUT2D eigenvalue weighted by atomic mass is 9.99. The Morgan fingerprint density at radius 1 is 0.541 bits per heavy atom. The maximum absolute atomic E-state index is 13.4. The average Bonchev–Trinajstić information content (AvgIpc) is 3.40. The average molecular weight is 1040 g/mol. The highest BCUT2D eigenvalue weighted by atomic mass is 16.7. The van der Waals surface area contributed by atoms with Crippen LogP contribution in [-0.4, -0.2) is 99.6 Å². The maximum atomic E-state index is 13.4. The number of aliphatic hydroxyl groups excluding tert-OH is 5. The van der Waals surface area contributed by atoms with Crippen molar-refractivity contribution in [1.82, 2.24) is 5.32 Å². The fourth-order valence-electron chi connectivity index (χ4n) is 8.54. The van der Waals surface area contributed by atoms with Gasteiger partial charge < -0.3 is 45.1 Å². The number of ether oxygens (including phenoxy) is 3. The Balaban J connectivity index is 2.76. The normalized spacial score (nSPS) is 20.0. The van der Waals surface area contributed by atoms with E-state index in [-0.39, 0.29) is 19.4 Å². The molecular formula is C63H107NO10. The van der Waals surface area contributed by atoms with Crippen LogP contribution in [0.5, 0.6) is 0 Å². The molecule has 8 atom stereocenters. The fraction of sp³-hybridized carbons (Fsp3) is 0.714. The van der Waals surface area contributed by atoms with Gasteiger partial charge in [-0.2, -0.15) is 0 Å². The third kappa shape index (κ3) is 38.2. The van der Waals surface area contributed by atoms with Gasteiger partial charge in [-0.15, -0.1) is 0 Å². The molecule has 1 rings (SSSR count). The van der Waals surface area contributed by atoms with Gasteiger partial charge >= 0.3 is 5.97 Å². The van der Waals surface area contributed by atoms with Gasteiger partial charge in [0.2, 0.25) is 5.91 Å².